The molecule has 7 heteroatoms. The van der Waals surface area contributed by atoms with Crippen molar-refractivity contribution in [2.24, 2.45) is 5.16 Å². The molecular formula is C22H22N2O5. The van der Waals surface area contributed by atoms with Crippen molar-refractivity contribution in [1.82, 2.24) is 0 Å². The zero-order valence-corrected chi connectivity index (χ0v) is 16.8. The van der Waals surface area contributed by atoms with Crippen molar-refractivity contribution >= 4 is 23.2 Å². The maximum atomic E-state index is 13.4. The first-order chi connectivity index (χ1) is 13.9. The van der Waals surface area contributed by atoms with Crippen molar-refractivity contribution in [2.45, 2.75) is 32.3 Å². The van der Waals surface area contributed by atoms with Gasteiger partial charge in [-0.15, -0.1) is 0 Å². The lowest BCUT2D eigenvalue weighted by atomic mass is 9.92. The summed E-state index contributed by atoms with van der Waals surface area (Å²) < 4.78 is 10.7. The van der Waals surface area contributed by atoms with Gasteiger partial charge in [0.1, 0.15) is 11.5 Å². The minimum Gasteiger partial charge on any atom is -0.497 e. The van der Waals surface area contributed by atoms with Crippen molar-refractivity contribution in [3.05, 3.63) is 53.1 Å². The Balaban J connectivity index is 1.68. The monoisotopic (exact) mass is 394 g/mol. The van der Waals surface area contributed by atoms with E-state index in [1.165, 1.54) is 4.90 Å². The summed E-state index contributed by atoms with van der Waals surface area (Å²) in [6.45, 7) is 3.76. The van der Waals surface area contributed by atoms with Gasteiger partial charge in [-0.25, -0.2) is 4.90 Å². The van der Waals surface area contributed by atoms with Gasteiger partial charge in [0.2, 0.25) is 11.5 Å². The lowest BCUT2D eigenvalue weighted by molar-refractivity contribution is -0.136. The van der Waals surface area contributed by atoms with Gasteiger partial charge < -0.3 is 14.3 Å². The molecule has 2 aliphatic heterocycles. The molecule has 2 aliphatic rings. The Hall–Kier alpha value is -3.35. The van der Waals surface area contributed by atoms with E-state index in [9.17, 15) is 9.59 Å². The second-order valence-electron chi connectivity index (χ2n) is 7.32. The summed E-state index contributed by atoms with van der Waals surface area (Å²) in [4.78, 5) is 33.1. The zero-order valence-electron chi connectivity index (χ0n) is 16.8. The van der Waals surface area contributed by atoms with E-state index in [2.05, 4.69) is 5.16 Å². The van der Waals surface area contributed by atoms with Crippen molar-refractivity contribution in [3.8, 4) is 11.5 Å². The van der Waals surface area contributed by atoms with Crippen molar-refractivity contribution in [3.63, 3.8) is 0 Å². The fourth-order valence-corrected chi connectivity index (χ4v) is 3.97. The molecule has 1 fully saturated rings. The number of oxime groups is 1. The Kier molecular flexibility index (Phi) is 4.53. The Morgan fingerprint density at radius 1 is 1.03 bits per heavy atom. The number of methoxy groups -OCH3 is 2. The second-order valence-corrected chi connectivity index (χ2v) is 7.32. The Morgan fingerprint density at radius 3 is 2.41 bits per heavy atom. The number of para-hydroxylation sites is 1. The average Bonchev–Trinajstić information content (AvgIpc) is 3.24. The van der Waals surface area contributed by atoms with Gasteiger partial charge in [-0.1, -0.05) is 23.4 Å². The number of rotatable bonds is 4. The van der Waals surface area contributed by atoms with Crippen LogP contribution in [0.25, 0.3) is 0 Å². The Morgan fingerprint density at radius 2 is 1.76 bits per heavy atom. The molecule has 0 unspecified atom stereocenters. The van der Waals surface area contributed by atoms with E-state index >= 15 is 0 Å². The van der Waals surface area contributed by atoms with Gasteiger partial charge in [0.25, 0.3) is 5.91 Å². The number of ether oxygens (including phenoxy) is 2. The largest absolute Gasteiger partial charge is 0.497 e. The summed E-state index contributed by atoms with van der Waals surface area (Å²) in [5.41, 5.74) is 2.24. The molecule has 0 aromatic heterocycles. The predicted octanol–water partition coefficient (Wildman–Crippen LogP) is 3.15. The molecule has 2 aromatic rings. The first-order valence-corrected chi connectivity index (χ1v) is 9.31. The van der Waals surface area contributed by atoms with Gasteiger partial charge in [0.15, 0.2) is 0 Å². The van der Waals surface area contributed by atoms with E-state index in [1.807, 2.05) is 32.0 Å². The number of carbonyl (C=O) groups is 2. The molecule has 2 amide bonds. The number of benzene rings is 2. The summed E-state index contributed by atoms with van der Waals surface area (Å²) in [5, 5.41) is 4.16. The maximum Gasteiger partial charge on any atom is 0.281 e. The van der Waals surface area contributed by atoms with E-state index in [-0.39, 0.29) is 24.7 Å². The van der Waals surface area contributed by atoms with E-state index < -0.39 is 5.60 Å². The van der Waals surface area contributed by atoms with Crippen LogP contribution in [-0.4, -0.2) is 37.3 Å². The number of anilines is 1. The van der Waals surface area contributed by atoms with Crippen molar-refractivity contribution in [1.29, 1.82) is 0 Å². The van der Waals surface area contributed by atoms with Gasteiger partial charge in [-0.3, -0.25) is 9.59 Å². The predicted molar refractivity (Wildman–Crippen MR) is 108 cm³/mol. The summed E-state index contributed by atoms with van der Waals surface area (Å²) in [6, 6.07) is 11.0. The molecule has 0 radical (unpaired) electrons. The molecule has 2 aromatic carbocycles. The highest BCUT2D eigenvalue weighted by Gasteiger charge is 2.58. The molecule has 7 nitrogen and oxygen atoms in total. The number of hydrogen-bond donors (Lipinski definition) is 0. The number of nitrogens with zero attached hydrogens (tertiary/aromatic N) is 2. The number of aryl methyl sites for hydroxylation is 2. The summed E-state index contributed by atoms with van der Waals surface area (Å²) in [6.07, 6.45) is 0.126. The van der Waals surface area contributed by atoms with Crippen LogP contribution in [0.15, 0.2) is 41.6 Å². The number of hydrogen-bond acceptors (Lipinski definition) is 6. The molecule has 1 saturated heterocycles. The highest BCUT2D eigenvalue weighted by atomic mass is 16.7. The molecular weight excluding hydrogens is 372 g/mol. The normalized spacial score (nSPS) is 20.8. The van der Waals surface area contributed by atoms with Crippen LogP contribution in [0.3, 0.4) is 0 Å². The van der Waals surface area contributed by atoms with Crippen LogP contribution in [0.1, 0.15) is 29.5 Å². The smallest absolute Gasteiger partial charge is 0.281 e. The molecule has 29 heavy (non-hydrogen) atoms. The molecule has 150 valence electrons. The minimum atomic E-state index is -1.32. The third-order valence-electron chi connectivity index (χ3n) is 5.44. The van der Waals surface area contributed by atoms with Crippen LogP contribution >= 0.6 is 0 Å². The van der Waals surface area contributed by atoms with Crippen LogP contribution in [-0.2, 0) is 14.4 Å². The lowest BCUT2D eigenvalue weighted by Crippen LogP contribution is -2.41. The summed E-state index contributed by atoms with van der Waals surface area (Å²) in [5.74, 6) is 0.547. The maximum absolute atomic E-state index is 13.4. The van der Waals surface area contributed by atoms with Gasteiger partial charge in [-0.2, -0.15) is 0 Å². The zero-order chi connectivity index (χ0) is 20.8. The molecule has 1 spiro atoms. The molecule has 0 N–H and O–H groups in total. The highest BCUT2D eigenvalue weighted by molar-refractivity contribution is 6.26. The second kappa shape index (κ2) is 6.92. The third-order valence-corrected chi connectivity index (χ3v) is 5.44. The molecule has 0 aliphatic carbocycles. The van der Waals surface area contributed by atoms with E-state index in [0.29, 0.717) is 28.5 Å². The molecule has 4 rings (SSSR count). The Labute approximate surface area is 168 Å². The highest BCUT2D eigenvalue weighted by Crippen LogP contribution is 2.42. The van der Waals surface area contributed by atoms with Gasteiger partial charge >= 0.3 is 0 Å². The lowest BCUT2D eigenvalue weighted by Gasteiger charge is -2.22. The van der Waals surface area contributed by atoms with Gasteiger partial charge in [0.05, 0.1) is 32.0 Å². The van der Waals surface area contributed by atoms with Crippen LogP contribution in [0.5, 0.6) is 11.5 Å². The first kappa shape index (κ1) is 19.0. The van der Waals surface area contributed by atoms with Crippen molar-refractivity contribution < 1.29 is 23.9 Å². The standard InChI is InChI=1S/C22H22N2O5/c1-13-6-5-7-14(2)20(13)24-19(25)12-22(21(24)26)11-17(23-29-22)16-10-15(27-3)8-9-18(16)28-4/h5-10H,11-12H2,1-4H3/t22-/m0/s1. The average molecular weight is 394 g/mol. The minimum absolute atomic E-state index is 0.0567. The molecule has 0 bridgehead atoms. The molecule has 2 heterocycles. The fraction of sp³-hybridized carbons (Fsp3) is 0.318. The van der Waals surface area contributed by atoms with Gasteiger partial charge in [0, 0.05) is 12.0 Å². The number of imide groups is 1. The summed E-state index contributed by atoms with van der Waals surface area (Å²) >= 11 is 0. The summed E-state index contributed by atoms with van der Waals surface area (Å²) in [7, 11) is 3.13. The first-order valence-electron chi connectivity index (χ1n) is 9.31. The number of amides is 2. The topological polar surface area (TPSA) is 77.4 Å². The van der Waals surface area contributed by atoms with E-state index in [0.717, 1.165) is 11.1 Å². The third kappa shape index (κ3) is 2.93. The quantitative estimate of drug-likeness (QED) is 0.745. The SMILES string of the molecule is COc1ccc(OC)c(C2=NO[C@]3(CC(=O)N(c4c(C)cccc4C)C3=O)C2)c1. The van der Waals surface area contributed by atoms with E-state index in [4.69, 9.17) is 14.3 Å². The molecule has 1 atom stereocenters. The van der Waals surface area contributed by atoms with E-state index in [1.54, 1.807) is 32.4 Å². The fourth-order valence-electron chi connectivity index (χ4n) is 3.97. The van der Waals surface area contributed by atoms with Crippen LogP contribution < -0.4 is 14.4 Å². The number of carbonyl (C=O) groups excluding carboxylic acids is 2. The van der Waals surface area contributed by atoms with Gasteiger partial charge in [-0.05, 0) is 43.2 Å². The van der Waals surface area contributed by atoms with Crippen LogP contribution in [0.4, 0.5) is 5.69 Å². The Bertz CT molecular complexity index is 1030. The van der Waals surface area contributed by atoms with Crippen LogP contribution in [0, 0.1) is 13.8 Å². The molecule has 0 saturated carbocycles. The van der Waals surface area contributed by atoms with Crippen molar-refractivity contribution in [2.75, 3.05) is 19.1 Å². The van der Waals surface area contributed by atoms with Crippen LogP contribution in [0.2, 0.25) is 0 Å².